The summed E-state index contributed by atoms with van der Waals surface area (Å²) < 4.78 is 11.7. The highest BCUT2D eigenvalue weighted by Gasteiger charge is 2.14. The van der Waals surface area contributed by atoms with E-state index in [-0.39, 0.29) is 0 Å². The molecule has 0 radical (unpaired) electrons. The fourth-order valence-corrected chi connectivity index (χ4v) is 3.10. The second-order valence-electron chi connectivity index (χ2n) is 5.49. The second kappa shape index (κ2) is 11.0. The quantitative estimate of drug-likeness (QED) is 0.388. The molecule has 1 heterocycles. The highest BCUT2D eigenvalue weighted by atomic mass is 79.9. The minimum atomic E-state index is 0.508. The fraction of sp³-hybridized carbons (Fsp3) is 0.389. The van der Waals surface area contributed by atoms with Crippen molar-refractivity contribution >= 4 is 39.2 Å². The Morgan fingerprint density at radius 2 is 2.15 bits per heavy atom. The van der Waals surface area contributed by atoms with Gasteiger partial charge in [-0.25, -0.2) is 9.99 Å². The van der Waals surface area contributed by atoms with Gasteiger partial charge in [0.15, 0.2) is 17.3 Å². The predicted octanol–water partition coefficient (Wildman–Crippen LogP) is 4.71. The number of nitrogens with zero attached hydrogens (tertiary/aromatic N) is 3. The first kappa shape index (κ1) is 21.3. The molecule has 0 amide bonds. The van der Waals surface area contributed by atoms with Gasteiger partial charge in [-0.3, -0.25) is 0 Å². The molecule has 7 nitrogen and oxygen atoms in total. The average molecular weight is 455 g/mol. The minimum absolute atomic E-state index is 0.508. The molecule has 0 aliphatic carbocycles. The summed E-state index contributed by atoms with van der Waals surface area (Å²) in [6.45, 7) is 3.51. The van der Waals surface area contributed by atoms with Gasteiger partial charge in [0.2, 0.25) is 0 Å². The van der Waals surface area contributed by atoms with Crippen LogP contribution in [0.2, 0.25) is 0 Å². The summed E-state index contributed by atoms with van der Waals surface area (Å²) in [5.74, 6) is 2.76. The van der Waals surface area contributed by atoms with E-state index in [1.807, 2.05) is 37.4 Å². The molecule has 0 fully saturated rings. The van der Waals surface area contributed by atoms with Gasteiger partial charge in [0, 0.05) is 23.0 Å². The molecule has 27 heavy (non-hydrogen) atoms. The van der Waals surface area contributed by atoms with Crippen molar-refractivity contribution in [3.8, 4) is 11.5 Å². The Labute approximate surface area is 171 Å². The smallest absolute Gasteiger partial charge is 0.161 e. The number of hydrogen-bond donors (Lipinski definition) is 1. The summed E-state index contributed by atoms with van der Waals surface area (Å²) >= 11 is 5.06. The number of methoxy groups -OCH3 is 1. The summed E-state index contributed by atoms with van der Waals surface area (Å²) in [6.07, 6.45) is 3.67. The van der Waals surface area contributed by atoms with Crippen LogP contribution >= 0.6 is 27.7 Å². The molecule has 0 aliphatic heterocycles. The summed E-state index contributed by atoms with van der Waals surface area (Å²) in [7, 11) is 1.61. The molecule has 0 bridgehead atoms. The molecule has 0 atom stereocenters. The first-order valence-corrected chi connectivity index (χ1v) is 10.6. The van der Waals surface area contributed by atoms with E-state index in [9.17, 15) is 4.91 Å². The van der Waals surface area contributed by atoms with Crippen LogP contribution in [0.3, 0.4) is 0 Å². The number of nitrogens with one attached hydrogen (secondary N) is 1. The van der Waals surface area contributed by atoms with Crippen LogP contribution in [0.5, 0.6) is 11.5 Å². The normalized spacial score (nSPS) is 10.4. The third-order valence-corrected chi connectivity index (χ3v) is 4.73. The van der Waals surface area contributed by atoms with Gasteiger partial charge in [0.1, 0.15) is 5.69 Å². The van der Waals surface area contributed by atoms with E-state index in [2.05, 4.69) is 31.5 Å². The maximum atomic E-state index is 11.3. The zero-order valence-corrected chi connectivity index (χ0v) is 18.0. The van der Waals surface area contributed by atoms with Crippen LogP contribution in [0.4, 0.5) is 11.5 Å². The van der Waals surface area contributed by atoms with Gasteiger partial charge in [-0.05, 0) is 52.9 Å². The van der Waals surface area contributed by atoms with E-state index in [0.717, 1.165) is 15.8 Å². The number of aromatic nitrogens is 1. The van der Waals surface area contributed by atoms with Crippen LogP contribution in [0.15, 0.2) is 40.2 Å². The van der Waals surface area contributed by atoms with Gasteiger partial charge < -0.3 is 14.8 Å². The molecule has 0 spiro atoms. The molecule has 2 aromatic rings. The van der Waals surface area contributed by atoms with Crippen molar-refractivity contribution in [2.24, 2.45) is 5.29 Å². The lowest BCUT2D eigenvalue weighted by Crippen LogP contribution is -2.20. The van der Waals surface area contributed by atoms with Crippen molar-refractivity contribution in [3.05, 3.63) is 45.4 Å². The molecule has 9 heteroatoms. The summed E-state index contributed by atoms with van der Waals surface area (Å²) in [4.78, 5) is 15.7. The monoisotopic (exact) mass is 454 g/mol. The SMILES string of the molecule is CCOc1cc(CNc2ncc(Br)cc2N(CCSC)N=O)ccc1OC. The van der Waals surface area contributed by atoms with Crippen molar-refractivity contribution in [3.63, 3.8) is 0 Å². The lowest BCUT2D eigenvalue weighted by atomic mass is 10.2. The molecule has 0 saturated carbocycles. The first-order valence-electron chi connectivity index (χ1n) is 8.41. The van der Waals surface area contributed by atoms with Crippen LogP contribution in [-0.4, -0.2) is 37.3 Å². The lowest BCUT2D eigenvalue weighted by molar-refractivity contribution is 0.310. The largest absolute Gasteiger partial charge is 0.493 e. The van der Waals surface area contributed by atoms with Crippen molar-refractivity contribution in [1.82, 2.24) is 4.98 Å². The maximum Gasteiger partial charge on any atom is 0.161 e. The Kier molecular flexibility index (Phi) is 8.66. The highest BCUT2D eigenvalue weighted by Crippen LogP contribution is 2.30. The zero-order valence-electron chi connectivity index (χ0n) is 15.6. The number of anilines is 2. The minimum Gasteiger partial charge on any atom is -0.493 e. The van der Waals surface area contributed by atoms with E-state index in [1.165, 1.54) is 5.01 Å². The number of nitroso groups, excluding NO2 is 1. The number of thioether (sulfide) groups is 1. The van der Waals surface area contributed by atoms with Gasteiger partial charge in [0.25, 0.3) is 0 Å². The van der Waals surface area contributed by atoms with Crippen LogP contribution < -0.4 is 19.8 Å². The Hall–Kier alpha value is -2.00. The summed E-state index contributed by atoms with van der Waals surface area (Å²) in [5, 5.41) is 7.84. The Morgan fingerprint density at radius 1 is 1.33 bits per heavy atom. The molecular weight excluding hydrogens is 432 g/mol. The van der Waals surface area contributed by atoms with Gasteiger partial charge in [-0.2, -0.15) is 11.8 Å². The van der Waals surface area contributed by atoms with Gasteiger partial charge >= 0.3 is 0 Å². The van der Waals surface area contributed by atoms with Gasteiger partial charge in [-0.15, -0.1) is 4.91 Å². The van der Waals surface area contributed by atoms with Crippen molar-refractivity contribution in [2.75, 3.05) is 42.6 Å². The number of benzene rings is 1. The lowest BCUT2D eigenvalue weighted by Gasteiger charge is -2.19. The molecule has 1 aromatic heterocycles. The van der Waals surface area contributed by atoms with Crippen molar-refractivity contribution < 1.29 is 9.47 Å². The Balaban J connectivity index is 2.20. The van der Waals surface area contributed by atoms with Crippen molar-refractivity contribution in [2.45, 2.75) is 13.5 Å². The van der Waals surface area contributed by atoms with Crippen LogP contribution in [0.1, 0.15) is 12.5 Å². The number of halogens is 1. The maximum absolute atomic E-state index is 11.3. The van der Waals surface area contributed by atoms with E-state index in [0.29, 0.717) is 42.7 Å². The van der Waals surface area contributed by atoms with E-state index in [1.54, 1.807) is 25.1 Å². The Morgan fingerprint density at radius 3 is 2.81 bits per heavy atom. The number of ether oxygens (including phenoxy) is 2. The second-order valence-corrected chi connectivity index (χ2v) is 7.39. The topological polar surface area (TPSA) is 76.0 Å². The van der Waals surface area contributed by atoms with E-state index in [4.69, 9.17) is 9.47 Å². The molecule has 0 unspecified atom stereocenters. The summed E-state index contributed by atoms with van der Waals surface area (Å²) in [5.41, 5.74) is 1.64. The predicted molar refractivity (Wildman–Crippen MR) is 115 cm³/mol. The molecular formula is C18H23BrN4O3S. The molecule has 2 rings (SSSR count). The van der Waals surface area contributed by atoms with E-state index >= 15 is 0 Å². The Bertz CT molecular complexity index is 763. The average Bonchev–Trinajstić information content (AvgIpc) is 2.68. The van der Waals surface area contributed by atoms with Crippen LogP contribution in [0.25, 0.3) is 0 Å². The van der Waals surface area contributed by atoms with Gasteiger partial charge in [0.05, 0.1) is 25.5 Å². The molecule has 0 saturated heterocycles. The third-order valence-electron chi connectivity index (χ3n) is 3.71. The highest BCUT2D eigenvalue weighted by molar-refractivity contribution is 9.10. The number of pyridine rings is 1. The fourth-order valence-electron chi connectivity index (χ4n) is 2.43. The van der Waals surface area contributed by atoms with Crippen LogP contribution in [0, 0.1) is 4.91 Å². The van der Waals surface area contributed by atoms with Crippen molar-refractivity contribution in [1.29, 1.82) is 0 Å². The molecule has 146 valence electrons. The van der Waals surface area contributed by atoms with Gasteiger partial charge in [-0.1, -0.05) is 6.07 Å². The zero-order chi connectivity index (χ0) is 19.6. The molecule has 0 aliphatic rings. The van der Waals surface area contributed by atoms with E-state index < -0.39 is 0 Å². The number of rotatable bonds is 11. The number of hydrogen-bond acceptors (Lipinski definition) is 7. The molecule has 1 aromatic carbocycles. The van der Waals surface area contributed by atoms with Crippen LogP contribution in [-0.2, 0) is 6.54 Å². The summed E-state index contributed by atoms with van der Waals surface area (Å²) in [6, 6.07) is 7.58. The first-order chi connectivity index (χ1) is 13.1. The molecule has 1 N–H and O–H groups in total. The standard InChI is InChI=1S/C18H23BrN4O3S/c1-4-26-17-9-13(5-6-16(17)25-2)11-20-18-15(10-14(19)12-21-18)23(22-24)7-8-27-3/h5-6,9-10,12H,4,7-8,11H2,1-3H3,(H,20,21). The third kappa shape index (κ3) is 6.00.